The summed E-state index contributed by atoms with van der Waals surface area (Å²) in [5, 5.41) is 1.55. The van der Waals surface area contributed by atoms with Crippen LogP contribution in [0.3, 0.4) is 0 Å². The molecular formula is C62H66BrCl3F4N10. The van der Waals surface area contributed by atoms with Gasteiger partial charge in [-0.3, -0.25) is 49.9 Å². The molecule has 0 N–H and O–H groups in total. The second kappa shape index (κ2) is 34.9. The molecule has 0 aliphatic carbocycles. The van der Waals surface area contributed by atoms with E-state index in [1.807, 2.05) is 92.3 Å². The number of rotatable bonds is 15. The van der Waals surface area contributed by atoms with Gasteiger partial charge in [0.15, 0.2) is 0 Å². The molecule has 5 aliphatic heterocycles. The lowest BCUT2D eigenvalue weighted by Crippen LogP contribution is -2.09. The van der Waals surface area contributed by atoms with Gasteiger partial charge < -0.3 is 0 Å². The molecule has 0 fully saturated rings. The molecule has 0 spiro atoms. The predicted molar refractivity (Wildman–Crippen MR) is 335 cm³/mol. The Bertz CT molecular complexity index is 2900. The molecule has 5 aliphatic rings. The van der Waals surface area contributed by atoms with E-state index in [1.54, 1.807) is 24.4 Å². The summed E-state index contributed by atoms with van der Waals surface area (Å²) >= 11 is 21.4. The van der Waals surface area contributed by atoms with Gasteiger partial charge in [-0.05, 0) is 113 Å². The molecule has 0 aromatic heterocycles. The van der Waals surface area contributed by atoms with Crippen molar-refractivity contribution in [2.24, 2.45) is 49.9 Å². The van der Waals surface area contributed by atoms with Gasteiger partial charge in [-0.15, -0.1) is 0 Å². The summed E-state index contributed by atoms with van der Waals surface area (Å²) in [6.07, 6.45) is 14.8. The van der Waals surface area contributed by atoms with Crippen LogP contribution in [0, 0.1) is 12.7 Å². The van der Waals surface area contributed by atoms with Gasteiger partial charge in [0, 0.05) is 140 Å². The standard InChI is InChI=1S/C13H12ClF3N2.C13H15ClN2.C12H13BrN2.C12H13ClN2.C12H13FN2/c14-12-5-1-4-11(13(15,16)17)10(12)8-18-7-9-3-2-6-19-9;1-10-4-2-6-13(14)12(10)9-15-8-11-5-3-7-16-11;3*13-12-6-2-1-4-10(12)8-14-9-11-5-3-7-15-11/h1,4-5,8H,2-3,6-7H2;2,4,6,9H,3,5,7-8H2,1H3;3*1-2,4,6,8H,3,5,7,9H2. The van der Waals surface area contributed by atoms with Crippen molar-refractivity contribution in [2.45, 2.75) is 77.3 Å². The average Bonchev–Trinajstić information content (AvgIpc) is 4.33. The van der Waals surface area contributed by atoms with Crippen molar-refractivity contribution in [3.05, 3.63) is 173 Å². The highest BCUT2D eigenvalue weighted by molar-refractivity contribution is 9.10. The van der Waals surface area contributed by atoms with Crippen molar-refractivity contribution in [1.29, 1.82) is 0 Å². The van der Waals surface area contributed by atoms with Crippen LogP contribution in [-0.4, -0.2) is 125 Å². The molecule has 10 nitrogen and oxygen atoms in total. The molecule has 0 bridgehead atoms. The van der Waals surface area contributed by atoms with Gasteiger partial charge in [0.1, 0.15) is 5.82 Å². The van der Waals surface area contributed by atoms with E-state index in [9.17, 15) is 17.6 Å². The van der Waals surface area contributed by atoms with E-state index in [2.05, 4.69) is 65.9 Å². The minimum absolute atomic E-state index is 0.0481. The Hall–Kier alpha value is -6.13. The van der Waals surface area contributed by atoms with Crippen LogP contribution in [0.25, 0.3) is 0 Å². The summed E-state index contributed by atoms with van der Waals surface area (Å²) in [5.74, 6) is -0.227. The number of nitrogens with zero attached hydrogens (tertiary/aromatic N) is 10. The maximum absolute atomic E-state index is 13.2. The van der Waals surface area contributed by atoms with E-state index >= 15 is 0 Å². The van der Waals surface area contributed by atoms with Gasteiger partial charge in [-0.1, -0.05) is 124 Å². The summed E-state index contributed by atoms with van der Waals surface area (Å²) in [5.41, 5.74) is 9.65. The third-order valence-corrected chi connectivity index (χ3v) is 14.4. The third-order valence-electron chi connectivity index (χ3n) is 12.6. The van der Waals surface area contributed by atoms with Crippen molar-refractivity contribution < 1.29 is 17.6 Å². The van der Waals surface area contributed by atoms with Gasteiger partial charge in [-0.25, -0.2) is 4.39 Å². The van der Waals surface area contributed by atoms with Crippen molar-refractivity contribution in [2.75, 3.05) is 65.4 Å². The summed E-state index contributed by atoms with van der Waals surface area (Å²) in [4.78, 5) is 43.0. The zero-order valence-corrected chi connectivity index (χ0v) is 48.8. The highest BCUT2D eigenvalue weighted by atomic mass is 79.9. The fraction of sp³-hybridized carbons (Fsp3) is 0.355. The first kappa shape index (κ1) is 63.1. The Morgan fingerprint density at radius 1 is 0.438 bits per heavy atom. The largest absolute Gasteiger partial charge is 0.417 e. The van der Waals surface area contributed by atoms with E-state index in [0.717, 1.165) is 138 Å². The molecule has 80 heavy (non-hydrogen) atoms. The van der Waals surface area contributed by atoms with Crippen molar-refractivity contribution >= 4 is 110 Å². The van der Waals surface area contributed by atoms with Gasteiger partial charge in [0.25, 0.3) is 0 Å². The molecule has 0 amide bonds. The average molecular weight is 1210 g/mol. The molecule has 420 valence electrons. The second-order valence-corrected chi connectivity index (χ2v) is 20.9. The maximum atomic E-state index is 13.2. The highest BCUT2D eigenvalue weighted by Crippen LogP contribution is 2.34. The Morgan fingerprint density at radius 2 is 0.800 bits per heavy atom. The van der Waals surface area contributed by atoms with Crippen LogP contribution in [0.4, 0.5) is 17.6 Å². The van der Waals surface area contributed by atoms with E-state index in [4.69, 9.17) is 34.8 Å². The summed E-state index contributed by atoms with van der Waals surface area (Å²) in [7, 11) is 0. The Morgan fingerprint density at radius 3 is 1.23 bits per heavy atom. The third kappa shape index (κ3) is 22.8. The summed E-state index contributed by atoms with van der Waals surface area (Å²) in [6.45, 7) is 9.79. The molecule has 5 heterocycles. The van der Waals surface area contributed by atoms with Crippen LogP contribution in [0.15, 0.2) is 164 Å². The molecule has 5 aromatic carbocycles. The van der Waals surface area contributed by atoms with Crippen molar-refractivity contribution in [3.63, 3.8) is 0 Å². The molecule has 0 radical (unpaired) electrons. The SMILES string of the molecule is Brc1ccccc1C=NCC1=NCCC1.Cc1cccc(Cl)c1C=NCC1=NCCC1.Clc1ccccc1C=NCC1=NCCC1.FC(F)(F)c1cccc(Cl)c1C=NCC1=NCCC1.Fc1ccccc1C=NCC1=NCCC1. The lowest BCUT2D eigenvalue weighted by atomic mass is 10.1. The number of halogens is 8. The highest BCUT2D eigenvalue weighted by Gasteiger charge is 2.33. The quantitative estimate of drug-likeness (QED) is 0.0732. The zero-order chi connectivity index (χ0) is 56.8. The second-order valence-electron chi connectivity index (χ2n) is 18.8. The summed E-state index contributed by atoms with van der Waals surface area (Å²) in [6, 6.07) is 32.0. The van der Waals surface area contributed by atoms with Gasteiger partial charge in [-0.2, -0.15) is 13.2 Å². The maximum Gasteiger partial charge on any atom is 0.417 e. The molecule has 0 unspecified atom stereocenters. The topological polar surface area (TPSA) is 124 Å². The first-order valence-electron chi connectivity index (χ1n) is 26.8. The van der Waals surface area contributed by atoms with Crippen LogP contribution in [-0.2, 0) is 6.18 Å². The first-order valence-corrected chi connectivity index (χ1v) is 28.7. The van der Waals surface area contributed by atoms with E-state index in [0.29, 0.717) is 31.7 Å². The van der Waals surface area contributed by atoms with Crippen LogP contribution >= 0.6 is 50.7 Å². The van der Waals surface area contributed by atoms with Crippen LogP contribution in [0.1, 0.15) is 103 Å². The minimum Gasteiger partial charge on any atom is -0.292 e. The zero-order valence-electron chi connectivity index (χ0n) is 44.9. The van der Waals surface area contributed by atoms with Crippen LogP contribution < -0.4 is 0 Å². The predicted octanol–water partition coefficient (Wildman–Crippen LogP) is 15.9. The van der Waals surface area contributed by atoms with Gasteiger partial charge >= 0.3 is 6.18 Å². The monoisotopic (exact) mass is 1210 g/mol. The van der Waals surface area contributed by atoms with E-state index < -0.39 is 11.7 Å². The Balaban J connectivity index is 0.000000162. The Kier molecular flexibility index (Phi) is 27.5. The van der Waals surface area contributed by atoms with Gasteiger partial charge in [0.2, 0.25) is 0 Å². The van der Waals surface area contributed by atoms with E-state index in [-0.39, 0.29) is 16.4 Å². The lowest BCUT2D eigenvalue weighted by molar-refractivity contribution is -0.137. The molecule has 5 aromatic rings. The van der Waals surface area contributed by atoms with Gasteiger partial charge in [0.05, 0.1) is 38.3 Å². The molecular weight excluding hydrogens is 1150 g/mol. The molecule has 0 saturated carbocycles. The number of benzene rings is 5. The number of alkyl halides is 3. The van der Waals surface area contributed by atoms with Crippen molar-refractivity contribution in [1.82, 2.24) is 0 Å². The molecule has 18 heteroatoms. The Labute approximate surface area is 491 Å². The fourth-order valence-corrected chi connectivity index (χ4v) is 9.40. The first-order chi connectivity index (χ1) is 38.8. The lowest BCUT2D eigenvalue weighted by Gasteiger charge is -2.10. The summed E-state index contributed by atoms with van der Waals surface area (Å²) < 4.78 is 52.7. The molecule has 10 rings (SSSR count). The van der Waals surface area contributed by atoms with Crippen LogP contribution in [0.5, 0.6) is 0 Å². The minimum atomic E-state index is -4.43. The molecule has 0 atom stereocenters. The fourth-order valence-electron chi connectivity index (χ4n) is 8.34. The number of hydrogen-bond donors (Lipinski definition) is 0. The number of aliphatic imine (C=N–C) groups is 10. The van der Waals surface area contributed by atoms with E-state index in [1.165, 1.54) is 60.8 Å². The van der Waals surface area contributed by atoms with Crippen molar-refractivity contribution in [3.8, 4) is 0 Å². The molecule has 0 saturated heterocycles. The smallest absolute Gasteiger partial charge is 0.292 e. The number of hydrogen-bond acceptors (Lipinski definition) is 10. The number of aryl methyl sites for hydroxylation is 1. The van der Waals surface area contributed by atoms with Crippen LogP contribution in [0.2, 0.25) is 15.1 Å². The normalized spacial score (nSPS) is 15.9.